The number of anilines is 1. The molecule has 30 heavy (non-hydrogen) atoms. The van der Waals surface area contributed by atoms with Crippen LogP contribution in [0.25, 0.3) is 10.1 Å². The Morgan fingerprint density at radius 1 is 1.13 bits per heavy atom. The summed E-state index contributed by atoms with van der Waals surface area (Å²) in [6.07, 6.45) is 0. The van der Waals surface area contributed by atoms with Crippen LogP contribution in [0, 0.1) is 0 Å². The fraction of sp³-hybridized carbons (Fsp3) is 0.238. The topological polar surface area (TPSA) is 72.6 Å². The minimum atomic E-state index is -0.608. The van der Waals surface area contributed by atoms with Crippen LogP contribution in [0.4, 0.5) is 5.69 Å². The average Bonchev–Trinajstić information content (AvgIpc) is 3.02. The molecule has 3 rings (SSSR count). The fourth-order valence-electron chi connectivity index (χ4n) is 2.74. The second kappa shape index (κ2) is 9.06. The van der Waals surface area contributed by atoms with Crippen molar-refractivity contribution < 1.29 is 14.3 Å². The van der Waals surface area contributed by atoms with Gasteiger partial charge in [0.05, 0.1) is 5.56 Å². The van der Waals surface area contributed by atoms with Gasteiger partial charge in [0.2, 0.25) is 5.91 Å². The monoisotopic (exact) mass is 482 g/mol. The molecule has 0 radical (unpaired) electrons. The maximum Gasteiger partial charge on any atom is 0.327 e. The number of halogens is 2. The molecule has 0 aliphatic rings. The van der Waals surface area contributed by atoms with Gasteiger partial charge in [-0.25, -0.2) is 0 Å². The molecule has 0 unspecified atom stereocenters. The number of benzene rings is 2. The first-order valence-corrected chi connectivity index (χ1v) is 11.4. The minimum Gasteiger partial charge on any atom is -0.459 e. The largest absolute Gasteiger partial charge is 0.459 e. The lowest BCUT2D eigenvalue weighted by Crippen LogP contribution is -2.31. The second-order valence-corrected chi connectivity index (χ2v) is 10.4. The lowest BCUT2D eigenvalue weighted by atomic mass is 10.1. The summed E-state index contributed by atoms with van der Waals surface area (Å²) in [7, 11) is 0. The van der Waals surface area contributed by atoms with E-state index in [0.717, 1.165) is 20.7 Å². The van der Waals surface area contributed by atoms with Crippen molar-refractivity contribution >= 4 is 74.1 Å². The van der Waals surface area contributed by atoms with E-state index < -0.39 is 11.5 Å². The molecule has 0 aliphatic heterocycles. The number of carbonyl (C=O) groups excluding carboxylic acids is 2. The van der Waals surface area contributed by atoms with Gasteiger partial charge < -0.3 is 14.8 Å². The number of esters is 1. The number of ether oxygens (including phenoxy) is 1. The van der Waals surface area contributed by atoms with Crippen molar-refractivity contribution in [3.05, 3.63) is 57.4 Å². The van der Waals surface area contributed by atoms with Crippen molar-refractivity contribution in [3.63, 3.8) is 0 Å². The molecule has 2 N–H and O–H groups in total. The summed E-state index contributed by atoms with van der Waals surface area (Å²) in [5.41, 5.74) is 6.06. The van der Waals surface area contributed by atoms with E-state index >= 15 is 0 Å². The van der Waals surface area contributed by atoms with Gasteiger partial charge in [0, 0.05) is 36.1 Å². The maximum absolute atomic E-state index is 12.6. The molecule has 0 bridgehead atoms. The molecule has 2 aromatic carbocycles. The van der Waals surface area contributed by atoms with Crippen molar-refractivity contribution in [1.29, 1.82) is 0 Å². The fourth-order valence-corrected chi connectivity index (χ4v) is 5.33. The quantitative estimate of drug-likeness (QED) is 0.336. The number of thiophene rings is 1. The molecule has 1 amide bonds. The highest BCUT2D eigenvalue weighted by Gasteiger charge is 2.21. The maximum atomic E-state index is 12.6. The van der Waals surface area contributed by atoms with Crippen LogP contribution in [0.2, 0.25) is 10.0 Å². The first kappa shape index (κ1) is 22.7. The van der Waals surface area contributed by atoms with E-state index in [-0.39, 0.29) is 12.5 Å². The Morgan fingerprint density at radius 3 is 2.40 bits per heavy atom. The van der Waals surface area contributed by atoms with Crippen molar-refractivity contribution in [3.8, 4) is 0 Å². The van der Waals surface area contributed by atoms with Gasteiger partial charge in [-0.2, -0.15) is 0 Å². The summed E-state index contributed by atoms with van der Waals surface area (Å²) >= 11 is 15.0. The molecule has 0 saturated carbocycles. The summed E-state index contributed by atoms with van der Waals surface area (Å²) in [6.45, 7) is 5.43. The van der Waals surface area contributed by atoms with Gasteiger partial charge in [-0.15, -0.1) is 11.3 Å². The molecule has 0 fully saturated rings. The van der Waals surface area contributed by atoms with Gasteiger partial charge in [0.15, 0.2) is 0 Å². The Morgan fingerprint density at radius 2 is 1.80 bits per heavy atom. The Labute approximate surface area is 193 Å². The molecule has 1 heterocycles. The van der Waals surface area contributed by atoms with Gasteiger partial charge in [-0.05, 0) is 69.1 Å². The summed E-state index contributed by atoms with van der Waals surface area (Å²) in [5.74, 6) is -0.880. The van der Waals surface area contributed by atoms with Gasteiger partial charge in [0.25, 0.3) is 0 Å². The van der Waals surface area contributed by atoms with Crippen LogP contribution in [0.1, 0.15) is 31.1 Å². The van der Waals surface area contributed by atoms with Crippen LogP contribution in [-0.4, -0.2) is 24.0 Å². The third-order valence-corrected chi connectivity index (χ3v) is 6.26. The Balaban J connectivity index is 1.99. The van der Waals surface area contributed by atoms with Crippen LogP contribution < -0.4 is 10.0 Å². The van der Waals surface area contributed by atoms with E-state index in [9.17, 15) is 9.59 Å². The third kappa shape index (κ3) is 5.82. The number of rotatable bonds is 6. The Bertz CT molecular complexity index is 1090. The second-order valence-electron chi connectivity index (χ2n) is 7.51. The van der Waals surface area contributed by atoms with E-state index in [4.69, 9.17) is 33.7 Å². The molecular formula is C21H20Cl2N2O3S2. The average molecular weight is 483 g/mol. The van der Waals surface area contributed by atoms with E-state index in [2.05, 4.69) is 0 Å². The molecular weight excluding hydrogens is 463 g/mol. The molecule has 158 valence electrons. The zero-order chi connectivity index (χ0) is 22.1. The SMILES string of the molecule is CC(C)(C)OC(=O)CN(Sc1cc(Cl)cc(Cl)c1)c1ccc2scc(C(N)=O)c2c1. The van der Waals surface area contributed by atoms with Gasteiger partial charge in [-0.3, -0.25) is 9.59 Å². The summed E-state index contributed by atoms with van der Waals surface area (Å²) < 4.78 is 8.20. The number of hydrogen-bond donors (Lipinski definition) is 1. The molecule has 0 saturated heterocycles. The molecule has 1 aromatic heterocycles. The summed E-state index contributed by atoms with van der Waals surface area (Å²) in [5, 5.41) is 3.46. The lowest BCUT2D eigenvalue weighted by molar-refractivity contribution is -0.152. The Kier molecular flexibility index (Phi) is 6.87. The first-order chi connectivity index (χ1) is 14.0. The van der Waals surface area contributed by atoms with Crippen LogP contribution in [0.5, 0.6) is 0 Å². The number of nitrogens with zero attached hydrogens (tertiary/aromatic N) is 1. The third-order valence-electron chi connectivity index (χ3n) is 3.85. The normalized spacial score (nSPS) is 11.5. The number of amides is 1. The predicted molar refractivity (Wildman–Crippen MR) is 126 cm³/mol. The van der Waals surface area contributed by atoms with Gasteiger partial charge in [-0.1, -0.05) is 23.2 Å². The highest BCUT2D eigenvalue weighted by atomic mass is 35.5. The predicted octanol–water partition coefficient (Wildman–Crippen LogP) is 6.16. The van der Waals surface area contributed by atoms with E-state index in [0.29, 0.717) is 15.6 Å². The molecule has 0 aliphatic carbocycles. The summed E-state index contributed by atoms with van der Waals surface area (Å²) in [6, 6.07) is 10.8. The van der Waals surface area contributed by atoms with Crippen molar-refractivity contribution in [1.82, 2.24) is 0 Å². The zero-order valence-electron chi connectivity index (χ0n) is 16.6. The minimum absolute atomic E-state index is 0.0202. The number of carbonyl (C=O) groups is 2. The molecule has 3 aromatic rings. The van der Waals surface area contributed by atoms with Crippen LogP contribution in [0.3, 0.4) is 0 Å². The van der Waals surface area contributed by atoms with Crippen LogP contribution in [-0.2, 0) is 9.53 Å². The zero-order valence-corrected chi connectivity index (χ0v) is 19.7. The van der Waals surface area contributed by atoms with E-state index in [1.165, 1.54) is 23.3 Å². The van der Waals surface area contributed by atoms with Crippen LogP contribution in [0.15, 0.2) is 46.7 Å². The highest BCUT2D eigenvalue weighted by Crippen LogP contribution is 2.36. The van der Waals surface area contributed by atoms with Gasteiger partial charge in [0.1, 0.15) is 12.1 Å². The lowest BCUT2D eigenvalue weighted by Gasteiger charge is -2.26. The molecule has 0 atom stereocenters. The van der Waals surface area contributed by atoms with Crippen molar-refractivity contribution in [2.45, 2.75) is 31.3 Å². The first-order valence-electron chi connectivity index (χ1n) is 8.96. The molecule has 0 spiro atoms. The number of primary amides is 1. The number of hydrogen-bond acceptors (Lipinski definition) is 6. The van der Waals surface area contributed by atoms with E-state index in [1.54, 1.807) is 27.9 Å². The van der Waals surface area contributed by atoms with Crippen molar-refractivity contribution in [2.24, 2.45) is 5.73 Å². The molecule has 9 heteroatoms. The standard InChI is InChI=1S/C21H20Cl2N2O3S2/c1-21(2,3)28-19(26)10-25(30-15-7-12(22)6-13(23)8-15)14-4-5-18-16(9-14)17(11-29-18)20(24)27/h4-9,11H,10H2,1-3H3,(H2,24,27). The van der Waals surface area contributed by atoms with Crippen molar-refractivity contribution in [2.75, 3.05) is 10.8 Å². The smallest absolute Gasteiger partial charge is 0.327 e. The highest BCUT2D eigenvalue weighted by molar-refractivity contribution is 8.00. The molecule has 5 nitrogen and oxygen atoms in total. The Hall–Kier alpha value is -1.93. The van der Waals surface area contributed by atoms with E-state index in [1.807, 2.05) is 39.0 Å². The number of nitrogens with two attached hydrogens (primary N) is 1. The number of fused-ring (bicyclic) bond motifs is 1. The summed E-state index contributed by atoms with van der Waals surface area (Å²) in [4.78, 5) is 25.1. The van der Waals surface area contributed by atoms with Crippen LogP contribution >= 0.6 is 46.5 Å². The van der Waals surface area contributed by atoms with Gasteiger partial charge >= 0.3 is 5.97 Å².